The van der Waals surface area contributed by atoms with Crippen molar-refractivity contribution in [2.45, 2.75) is 46.2 Å². The van der Waals surface area contributed by atoms with Gasteiger partial charge >= 0.3 is 0 Å². The van der Waals surface area contributed by atoms with Gasteiger partial charge in [-0.05, 0) is 40.7 Å². The molecule has 1 aromatic carbocycles. The summed E-state index contributed by atoms with van der Waals surface area (Å²) in [5.74, 6) is 0.702. The summed E-state index contributed by atoms with van der Waals surface area (Å²) in [4.78, 5) is 12.5. The fraction of sp³-hybridized carbons (Fsp3) is 0.562. The van der Waals surface area contributed by atoms with Crippen molar-refractivity contribution >= 4 is 5.91 Å². The quantitative estimate of drug-likeness (QED) is 0.870. The minimum atomic E-state index is -0.663. The number of para-hydroxylation sites is 1. The van der Waals surface area contributed by atoms with Crippen LogP contribution in [0.15, 0.2) is 24.3 Å². The van der Waals surface area contributed by atoms with E-state index in [9.17, 15) is 4.79 Å². The monoisotopic (exact) mass is 278 g/mol. The second-order valence-corrected chi connectivity index (χ2v) is 6.28. The van der Waals surface area contributed by atoms with E-state index in [0.29, 0.717) is 0 Å². The number of nitrogens with one attached hydrogen (secondary N) is 1. The molecule has 0 fully saturated rings. The van der Waals surface area contributed by atoms with Crippen LogP contribution in [0.4, 0.5) is 0 Å². The second kappa shape index (κ2) is 5.83. The maximum atomic E-state index is 12.5. The van der Waals surface area contributed by atoms with Crippen LogP contribution in [-0.2, 0) is 4.79 Å². The highest BCUT2D eigenvalue weighted by atomic mass is 16.5. The Hall–Kier alpha value is -1.55. The van der Waals surface area contributed by atoms with Crippen LogP contribution < -0.4 is 15.8 Å². The molecule has 1 amide bonds. The smallest absolute Gasteiger partial charge is 0.227 e. The Morgan fingerprint density at radius 2 is 1.80 bits per heavy atom. The highest BCUT2D eigenvalue weighted by molar-refractivity contribution is 5.83. The van der Waals surface area contributed by atoms with Gasteiger partial charge in [0.1, 0.15) is 5.75 Å². The molecule has 20 heavy (non-hydrogen) atoms. The number of methoxy groups -OCH3 is 1. The first kappa shape index (κ1) is 16.5. The molecular formula is C16H26N2O2. The maximum absolute atomic E-state index is 12.5. The van der Waals surface area contributed by atoms with Gasteiger partial charge in [0.2, 0.25) is 5.91 Å². The lowest BCUT2D eigenvalue weighted by molar-refractivity contribution is -0.132. The third kappa shape index (κ3) is 3.31. The van der Waals surface area contributed by atoms with Crippen molar-refractivity contribution in [3.63, 3.8) is 0 Å². The fourth-order valence-electron chi connectivity index (χ4n) is 1.77. The third-order valence-corrected chi connectivity index (χ3v) is 4.13. The van der Waals surface area contributed by atoms with E-state index >= 15 is 0 Å². The van der Waals surface area contributed by atoms with Crippen LogP contribution in [-0.4, -0.2) is 18.6 Å². The zero-order chi connectivity index (χ0) is 15.6. The Kier molecular flexibility index (Phi) is 4.81. The van der Waals surface area contributed by atoms with Crippen molar-refractivity contribution in [2.75, 3.05) is 7.11 Å². The average molecular weight is 278 g/mol. The van der Waals surface area contributed by atoms with E-state index in [1.807, 2.05) is 58.9 Å². The number of nitrogens with two attached hydrogens (primary N) is 1. The van der Waals surface area contributed by atoms with Gasteiger partial charge in [-0.2, -0.15) is 0 Å². The van der Waals surface area contributed by atoms with Crippen LogP contribution in [0.25, 0.3) is 0 Å². The summed E-state index contributed by atoms with van der Waals surface area (Å²) in [6, 6.07) is 7.53. The first-order valence-corrected chi connectivity index (χ1v) is 6.84. The molecule has 112 valence electrons. The zero-order valence-electron chi connectivity index (χ0n) is 13.3. The molecule has 0 aliphatic rings. The number of carbonyl (C=O) groups excluding carboxylic acids is 1. The van der Waals surface area contributed by atoms with Crippen molar-refractivity contribution in [2.24, 2.45) is 11.1 Å². The Balaban J connectivity index is 2.91. The molecular weight excluding hydrogens is 252 g/mol. The number of hydrogen-bond donors (Lipinski definition) is 2. The van der Waals surface area contributed by atoms with Gasteiger partial charge in [0.15, 0.2) is 0 Å². The number of rotatable bonds is 5. The predicted octanol–water partition coefficient (Wildman–Crippen LogP) is 2.64. The molecule has 1 rings (SSSR count). The van der Waals surface area contributed by atoms with Gasteiger partial charge in [-0.15, -0.1) is 0 Å². The van der Waals surface area contributed by atoms with Gasteiger partial charge < -0.3 is 15.8 Å². The standard InChI is InChI=1S/C16H26N2O2/c1-11(12-9-7-8-10-13(12)20-6)18-14(19)15(2,3)16(4,5)17/h7-11H,17H2,1-6H3,(H,18,19)/t11-/m1/s1. The van der Waals surface area contributed by atoms with E-state index in [1.165, 1.54) is 0 Å². The molecule has 0 aliphatic heterocycles. The molecule has 0 saturated heterocycles. The van der Waals surface area contributed by atoms with E-state index in [1.54, 1.807) is 7.11 Å². The summed E-state index contributed by atoms with van der Waals surface area (Å²) in [6.07, 6.45) is 0. The van der Waals surface area contributed by atoms with Crippen molar-refractivity contribution < 1.29 is 9.53 Å². The highest BCUT2D eigenvalue weighted by Crippen LogP contribution is 2.30. The Labute approximate surface area is 121 Å². The lowest BCUT2D eigenvalue weighted by Crippen LogP contribution is -2.55. The van der Waals surface area contributed by atoms with Crippen molar-refractivity contribution in [1.82, 2.24) is 5.32 Å². The first-order chi connectivity index (χ1) is 9.11. The topological polar surface area (TPSA) is 64.3 Å². The van der Waals surface area contributed by atoms with Crippen LogP contribution in [0.5, 0.6) is 5.75 Å². The number of ether oxygens (including phenoxy) is 1. The Morgan fingerprint density at radius 1 is 1.25 bits per heavy atom. The molecule has 0 aromatic heterocycles. The van der Waals surface area contributed by atoms with Crippen LogP contribution in [0, 0.1) is 5.41 Å². The molecule has 0 aliphatic carbocycles. The Morgan fingerprint density at radius 3 is 2.30 bits per heavy atom. The van der Waals surface area contributed by atoms with Gasteiger partial charge in [0.05, 0.1) is 18.6 Å². The van der Waals surface area contributed by atoms with Gasteiger partial charge in [-0.25, -0.2) is 0 Å². The molecule has 0 heterocycles. The van der Waals surface area contributed by atoms with Crippen molar-refractivity contribution in [3.05, 3.63) is 29.8 Å². The van der Waals surface area contributed by atoms with Gasteiger partial charge in [0.25, 0.3) is 0 Å². The van der Waals surface area contributed by atoms with Gasteiger partial charge in [0, 0.05) is 11.1 Å². The van der Waals surface area contributed by atoms with E-state index in [4.69, 9.17) is 10.5 Å². The maximum Gasteiger partial charge on any atom is 0.227 e. The number of amides is 1. The molecule has 4 heteroatoms. The Bertz CT molecular complexity index is 476. The average Bonchev–Trinajstić information content (AvgIpc) is 2.37. The number of benzene rings is 1. The van der Waals surface area contributed by atoms with Crippen molar-refractivity contribution in [3.8, 4) is 5.75 Å². The molecule has 3 N–H and O–H groups in total. The van der Waals surface area contributed by atoms with Gasteiger partial charge in [-0.1, -0.05) is 18.2 Å². The van der Waals surface area contributed by atoms with E-state index < -0.39 is 11.0 Å². The summed E-state index contributed by atoms with van der Waals surface area (Å²) in [5.41, 5.74) is 5.79. The normalized spacial score (nSPS) is 13.8. The van der Waals surface area contributed by atoms with Crippen LogP contribution in [0.1, 0.15) is 46.2 Å². The summed E-state index contributed by atoms with van der Waals surface area (Å²) < 4.78 is 5.32. The third-order valence-electron chi connectivity index (χ3n) is 4.13. The lowest BCUT2D eigenvalue weighted by Gasteiger charge is -2.37. The molecule has 1 atom stereocenters. The fourth-order valence-corrected chi connectivity index (χ4v) is 1.77. The predicted molar refractivity (Wildman–Crippen MR) is 81.6 cm³/mol. The molecule has 1 aromatic rings. The molecule has 0 bridgehead atoms. The molecule has 4 nitrogen and oxygen atoms in total. The minimum absolute atomic E-state index is 0.0663. The van der Waals surface area contributed by atoms with E-state index in [0.717, 1.165) is 11.3 Å². The summed E-state index contributed by atoms with van der Waals surface area (Å²) >= 11 is 0. The summed E-state index contributed by atoms with van der Waals surface area (Å²) in [7, 11) is 1.63. The van der Waals surface area contributed by atoms with Crippen LogP contribution in [0.2, 0.25) is 0 Å². The highest BCUT2D eigenvalue weighted by Gasteiger charge is 2.40. The van der Waals surface area contributed by atoms with Crippen LogP contribution in [0.3, 0.4) is 0 Å². The number of carbonyl (C=O) groups is 1. The van der Waals surface area contributed by atoms with Gasteiger partial charge in [-0.3, -0.25) is 4.79 Å². The van der Waals surface area contributed by atoms with Crippen molar-refractivity contribution in [1.29, 1.82) is 0 Å². The minimum Gasteiger partial charge on any atom is -0.496 e. The molecule has 0 radical (unpaired) electrons. The molecule has 0 spiro atoms. The zero-order valence-corrected chi connectivity index (χ0v) is 13.3. The van der Waals surface area contributed by atoms with E-state index in [-0.39, 0.29) is 11.9 Å². The molecule has 0 saturated carbocycles. The van der Waals surface area contributed by atoms with Crippen LogP contribution >= 0.6 is 0 Å². The first-order valence-electron chi connectivity index (χ1n) is 6.84. The second-order valence-electron chi connectivity index (χ2n) is 6.28. The summed E-state index contributed by atoms with van der Waals surface area (Å²) in [5, 5.41) is 3.02. The SMILES string of the molecule is COc1ccccc1[C@@H](C)NC(=O)C(C)(C)C(C)(C)N. The lowest BCUT2D eigenvalue weighted by atomic mass is 9.74. The number of hydrogen-bond acceptors (Lipinski definition) is 3. The largest absolute Gasteiger partial charge is 0.496 e. The summed E-state index contributed by atoms with van der Waals surface area (Å²) in [6.45, 7) is 9.38. The van der Waals surface area contributed by atoms with E-state index in [2.05, 4.69) is 5.32 Å². The molecule has 0 unspecified atom stereocenters.